The first kappa shape index (κ1) is 14.0. The third-order valence-electron chi connectivity index (χ3n) is 4.36. The molecular formula is C19H20O2. The molecule has 1 saturated heterocycles. The number of ether oxygens (including phenoxy) is 1. The highest BCUT2D eigenvalue weighted by Crippen LogP contribution is 2.41. The van der Waals surface area contributed by atoms with Gasteiger partial charge in [-0.25, -0.2) is 0 Å². The number of hydrogen-bond donors (Lipinski definition) is 0. The molecule has 0 saturated carbocycles. The van der Waals surface area contributed by atoms with Crippen molar-refractivity contribution in [2.24, 2.45) is 0 Å². The highest BCUT2D eigenvalue weighted by atomic mass is 16.6. The number of carbonyl (C=O) groups is 1. The summed E-state index contributed by atoms with van der Waals surface area (Å²) in [6.45, 7) is 8.34. The van der Waals surface area contributed by atoms with Crippen molar-refractivity contribution in [3.05, 3.63) is 69.8 Å². The normalized spacial score (nSPS) is 20.4. The fourth-order valence-electron chi connectivity index (χ4n) is 2.68. The smallest absolute Gasteiger partial charge is 0.194 e. The molecule has 21 heavy (non-hydrogen) atoms. The molecule has 1 aliphatic heterocycles. The first-order valence-electron chi connectivity index (χ1n) is 7.31. The Hall–Kier alpha value is -1.93. The molecule has 1 heterocycles. The van der Waals surface area contributed by atoms with Crippen LogP contribution >= 0.6 is 0 Å². The quantitative estimate of drug-likeness (QED) is 0.621. The zero-order valence-electron chi connectivity index (χ0n) is 12.9. The van der Waals surface area contributed by atoms with Crippen molar-refractivity contribution in [2.75, 3.05) is 0 Å². The SMILES string of the molecule is Cc1ccc(C(=O)C2OC2c2cc(C)c(C)c(C)c2)cc1. The van der Waals surface area contributed by atoms with Crippen LogP contribution in [0.5, 0.6) is 0 Å². The van der Waals surface area contributed by atoms with Crippen molar-refractivity contribution < 1.29 is 9.53 Å². The summed E-state index contributed by atoms with van der Waals surface area (Å²) in [5.74, 6) is 0.0795. The van der Waals surface area contributed by atoms with Crippen molar-refractivity contribution in [1.82, 2.24) is 0 Å². The van der Waals surface area contributed by atoms with Crippen molar-refractivity contribution in [3.63, 3.8) is 0 Å². The van der Waals surface area contributed by atoms with E-state index >= 15 is 0 Å². The van der Waals surface area contributed by atoms with Crippen LogP contribution in [0.2, 0.25) is 0 Å². The molecule has 1 fully saturated rings. The van der Waals surface area contributed by atoms with Crippen LogP contribution < -0.4 is 0 Å². The van der Waals surface area contributed by atoms with E-state index in [1.807, 2.05) is 31.2 Å². The summed E-state index contributed by atoms with van der Waals surface area (Å²) >= 11 is 0. The summed E-state index contributed by atoms with van der Waals surface area (Å²) in [5.41, 5.74) is 6.81. The van der Waals surface area contributed by atoms with Crippen LogP contribution in [0.3, 0.4) is 0 Å². The molecule has 0 aromatic heterocycles. The standard InChI is InChI=1S/C19H20O2/c1-11-5-7-15(8-6-11)17(20)19-18(21-19)16-9-12(2)14(4)13(3)10-16/h5-10,18-19H,1-4H3. The molecule has 0 N–H and O–H groups in total. The topological polar surface area (TPSA) is 29.6 Å². The third-order valence-corrected chi connectivity index (χ3v) is 4.36. The fourth-order valence-corrected chi connectivity index (χ4v) is 2.68. The molecular weight excluding hydrogens is 260 g/mol. The molecule has 2 nitrogen and oxygen atoms in total. The number of Topliss-reactive ketones (excluding diaryl/α,β-unsaturated/α-hetero) is 1. The number of benzene rings is 2. The Balaban J connectivity index is 1.80. The molecule has 0 amide bonds. The average Bonchev–Trinajstić information content (AvgIpc) is 3.25. The summed E-state index contributed by atoms with van der Waals surface area (Å²) in [6.07, 6.45) is -0.411. The van der Waals surface area contributed by atoms with Crippen LogP contribution in [0, 0.1) is 27.7 Å². The van der Waals surface area contributed by atoms with Gasteiger partial charge in [-0.15, -0.1) is 0 Å². The van der Waals surface area contributed by atoms with E-state index in [-0.39, 0.29) is 18.0 Å². The second-order valence-corrected chi connectivity index (χ2v) is 5.99. The van der Waals surface area contributed by atoms with Crippen LogP contribution in [-0.2, 0) is 4.74 Å². The van der Waals surface area contributed by atoms with Crippen LogP contribution in [0.4, 0.5) is 0 Å². The Morgan fingerprint density at radius 2 is 1.52 bits per heavy atom. The third kappa shape index (κ3) is 2.64. The number of epoxide rings is 1. The van der Waals surface area contributed by atoms with Gasteiger partial charge in [0.15, 0.2) is 11.9 Å². The number of aryl methyl sites for hydroxylation is 3. The summed E-state index contributed by atoms with van der Waals surface area (Å²) in [4.78, 5) is 12.4. The number of carbonyl (C=O) groups excluding carboxylic acids is 1. The lowest BCUT2D eigenvalue weighted by Gasteiger charge is -2.07. The number of hydrogen-bond acceptors (Lipinski definition) is 2. The van der Waals surface area contributed by atoms with Crippen molar-refractivity contribution in [2.45, 2.75) is 39.9 Å². The van der Waals surface area contributed by atoms with E-state index in [2.05, 4.69) is 32.9 Å². The predicted octanol–water partition coefficient (Wildman–Crippen LogP) is 4.24. The molecule has 2 unspecified atom stereocenters. The molecule has 2 atom stereocenters. The van der Waals surface area contributed by atoms with Crippen molar-refractivity contribution in [3.8, 4) is 0 Å². The predicted molar refractivity (Wildman–Crippen MR) is 83.8 cm³/mol. The molecule has 0 bridgehead atoms. The van der Waals surface area contributed by atoms with E-state index in [0.717, 1.165) is 16.7 Å². The summed E-state index contributed by atoms with van der Waals surface area (Å²) < 4.78 is 5.65. The van der Waals surface area contributed by atoms with Gasteiger partial charge in [-0.05, 0) is 49.9 Å². The molecule has 2 aromatic carbocycles. The van der Waals surface area contributed by atoms with Crippen molar-refractivity contribution >= 4 is 5.78 Å². The van der Waals surface area contributed by atoms with E-state index in [1.165, 1.54) is 16.7 Å². The Morgan fingerprint density at radius 1 is 0.952 bits per heavy atom. The lowest BCUT2D eigenvalue weighted by atomic mass is 9.96. The number of rotatable bonds is 3. The minimum Gasteiger partial charge on any atom is -0.356 e. The fraction of sp³-hybridized carbons (Fsp3) is 0.316. The largest absolute Gasteiger partial charge is 0.356 e. The van der Waals surface area contributed by atoms with E-state index in [4.69, 9.17) is 4.74 Å². The van der Waals surface area contributed by atoms with Gasteiger partial charge in [-0.2, -0.15) is 0 Å². The van der Waals surface area contributed by atoms with Gasteiger partial charge in [-0.3, -0.25) is 4.79 Å². The first-order valence-corrected chi connectivity index (χ1v) is 7.31. The van der Waals surface area contributed by atoms with E-state index < -0.39 is 0 Å². The highest BCUT2D eigenvalue weighted by Gasteiger charge is 2.46. The Bertz CT molecular complexity index is 675. The monoisotopic (exact) mass is 280 g/mol. The minimum absolute atomic E-state index is 0.0795. The van der Waals surface area contributed by atoms with E-state index in [9.17, 15) is 4.79 Å². The maximum absolute atomic E-state index is 12.4. The zero-order valence-corrected chi connectivity index (χ0v) is 12.9. The first-order chi connectivity index (χ1) is 9.97. The molecule has 0 aliphatic carbocycles. The lowest BCUT2D eigenvalue weighted by molar-refractivity contribution is 0.0953. The van der Waals surface area contributed by atoms with E-state index in [1.54, 1.807) is 0 Å². The molecule has 3 rings (SSSR count). The van der Waals surface area contributed by atoms with E-state index in [0.29, 0.717) is 0 Å². The van der Waals surface area contributed by atoms with Gasteiger partial charge >= 0.3 is 0 Å². The molecule has 2 heteroatoms. The van der Waals surface area contributed by atoms with Crippen LogP contribution in [-0.4, -0.2) is 11.9 Å². The maximum Gasteiger partial charge on any atom is 0.194 e. The van der Waals surface area contributed by atoms with Gasteiger partial charge in [0, 0.05) is 5.56 Å². The summed E-state index contributed by atoms with van der Waals surface area (Å²) in [5, 5.41) is 0. The molecule has 1 aliphatic rings. The van der Waals surface area contributed by atoms with Crippen LogP contribution in [0.25, 0.3) is 0 Å². The highest BCUT2D eigenvalue weighted by molar-refractivity contribution is 6.01. The summed E-state index contributed by atoms with van der Waals surface area (Å²) in [6, 6.07) is 11.9. The molecule has 0 spiro atoms. The van der Waals surface area contributed by atoms with Gasteiger partial charge in [0.1, 0.15) is 6.10 Å². The Morgan fingerprint density at radius 3 is 2.10 bits per heavy atom. The van der Waals surface area contributed by atoms with Crippen molar-refractivity contribution in [1.29, 1.82) is 0 Å². The van der Waals surface area contributed by atoms with Gasteiger partial charge in [-0.1, -0.05) is 42.0 Å². The summed E-state index contributed by atoms with van der Waals surface area (Å²) in [7, 11) is 0. The second-order valence-electron chi connectivity index (χ2n) is 5.99. The molecule has 2 aromatic rings. The molecule has 0 radical (unpaired) electrons. The zero-order chi connectivity index (χ0) is 15.1. The van der Waals surface area contributed by atoms with Crippen LogP contribution in [0.15, 0.2) is 36.4 Å². The lowest BCUT2D eigenvalue weighted by Crippen LogP contribution is -2.08. The minimum atomic E-state index is -0.325. The van der Waals surface area contributed by atoms with Gasteiger partial charge < -0.3 is 4.74 Å². The van der Waals surface area contributed by atoms with Crippen LogP contribution in [0.1, 0.15) is 44.3 Å². The van der Waals surface area contributed by atoms with Gasteiger partial charge in [0.2, 0.25) is 0 Å². The van der Waals surface area contributed by atoms with Gasteiger partial charge in [0.05, 0.1) is 0 Å². The Kier molecular flexibility index (Phi) is 3.42. The second kappa shape index (κ2) is 5.12. The molecule has 108 valence electrons. The average molecular weight is 280 g/mol. The maximum atomic E-state index is 12.4. The van der Waals surface area contributed by atoms with Gasteiger partial charge in [0.25, 0.3) is 0 Å². The number of ketones is 1. The Labute approximate surface area is 125 Å².